The Morgan fingerprint density at radius 3 is 2.73 bits per heavy atom. The van der Waals surface area contributed by atoms with Crippen LogP contribution < -0.4 is 10.9 Å². The number of carbonyl (C=O) groups excluding carboxylic acids is 1. The molecule has 0 atom stereocenters. The van der Waals surface area contributed by atoms with Gasteiger partial charge in [-0.05, 0) is 43.7 Å². The van der Waals surface area contributed by atoms with Crippen molar-refractivity contribution in [1.29, 1.82) is 0 Å². The van der Waals surface area contributed by atoms with Crippen molar-refractivity contribution in [1.82, 2.24) is 20.1 Å². The monoisotopic (exact) mass is 348 g/mol. The van der Waals surface area contributed by atoms with E-state index in [-0.39, 0.29) is 18.0 Å². The first-order chi connectivity index (χ1) is 12.5. The fraction of sp³-hybridized carbons (Fsp3) is 0.200. The quantitative estimate of drug-likeness (QED) is 0.767. The summed E-state index contributed by atoms with van der Waals surface area (Å²) in [5, 5.41) is 7.12. The van der Waals surface area contributed by atoms with Crippen molar-refractivity contribution in [3.8, 4) is 11.3 Å². The number of aryl methyl sites for hydroxylation is 2. The van der Waals surface area contributed by atoms with Crippen LogP contribution in [0, 0.1) is 13.8 Å². The molecule has 0 saturated heterocycles. The van der Waals surface area contributed by atoms with Crippen LogP contribution in [0.5, 0.6) is 0 Å². The van der Waals surface area contributed by atoms with E-state index in [9.17, 15) is 9.59 Å². The summed E-state index contributed by atoms with van der Waals surface area (Å²) >= 11 is 0. The standard InChI is InChI=1S/C20H20N4O2/c1-14-6-7-15(2)17(11-14)18-8-9-20(26)24(23-18)13-19(25)22-12-16-5-3-4-10-21-16/h3-11H,12-13H2,1-2H3,(H,22,25). The fourth-order valence-corrected chi connectivity index (χ4v) is 2.60. The highest BCUT2D eigenvalue weighted by atomic mass is 16.2. The van der Waals surface area contributed by atoms with Gasteiger partial charge in [0, 0.05) is 17.8 Å². The maximum absolute atomic E-state index is 12.2. The molecule has 132 valence electrons. The number of carbonyl (C=O) groups is 1. The zero-order valence-electron chi connectivity index (χ0n) is 14.8. The summed E-state index contributed by atoms with van der Waals surface area (Å²) in [6.45, 7) is 4.17. The van der Waals surface area contributed by atoms with Gasteiger partial charge in [-0.15, -0.1) is 0 Å². The highest BCUT2D eigenvalue weighted by Gasteiger charge is 2.10. The summed E-state index contributed by atoms with van der Waals surface area (Å²) in [6.07, 6.45) is 1.67. The van der Waals surface area contributed by atoms with Gasteiger partial charge in [0.2, 0.25) is 5.91 Å². The van der Waals surface area contributed by atoms with E-state index >= 15 is 0 Å². The average molecular weight is 348 g/mol. The van der Waals surface area contributed by atoms with Crippen molar-refractivity contribution in [2.75, 3.05) is 0 Å². The van der Waals surface area contributed by atoms with Crippen molar-refractivity contribution in [2.45, 2.75) is 26.9 Å². The number of nitrogens with one attached hydrogen (secondary N) is 1. The van der Waals surface area contributed by atoms with Gasteiger partial charge in [-0.1, -0.05) is 23.8 Å². The molecule has 1 N–H and O–H groups in total. The Morgan fingerprint density at radius 1 is 1.12 bits per heavy atom. The summed E-state index contributed by atoms with van der Waals surface area (Å²) in [4.78, 5) is 28.4. The first-order valence-corrected chi connectivity index (χ1v) is 8.35. The van der Waals surface area contributed by atoms with Gasteiger partial charge in [0.1, 0.15) is 6.54 Å². The lowest BCUT2D eigenvalue weighted by atomic mass is 10.0. The summed E-state index contributed by atoms with van der Waals surface area (Å²) in [5.41, 5.74) is 4.24. The Kier molecular flexibility index (Phi) is 5.22. The third-order valence-corrected chi connectivity index (χ3v) is 4.02. The topological polar surface area (TPSA) is 76.9 Å². The van der Waals surface area contributed by atoms with Gasteiger partial charge in [0.25, 0.3) is 5.56 Å². The van der Waals surface area contributed by atoms with Crippen LogP contribution in [-0.2, 0) is 17.9 Å². The highest BCUT2D eigenvalue weighted by molar-refractivity contribution is 5.75. The largest absolute Gasteiger partial charge is 0.349 e. The summed E-state index contributed by atoms with van der Waals surface area (Å²) in [7, 11) is 0. The molecule has 0 aliphatic rings. The Bertz CT molecular complexity index is 981. The van der Waals surface area contributed by atoms with E-state index in [0.717, 1.165) is 22.4 Å². The van der Waals surface area contributed by atoms with Crippen molar-refractivity contribution in [3.05, 3.63) is 81.9 Å². The van der Waals surface area contributed by atoms with E-state index in [0.29, 0.717) is 12.2 Å². The first-order valence-electron chi connectivity index (χ1n) is 8.35. The van der Waals surface area contributed by atoms with Crippen molar-refractivity contribution in [3.63, 3.8) is 0 Å². The molecule has 0 radical (unpaired) electrons. The summed E-state index contributed by atoms with van der Waals surface area (Å²) in [5.74, 6) is -0.289. The lowest BCUT2D eigenvalue weighted by molar-refractivity contribution is -0.122. The van der Waals surface area contributed by atoms with Gasteiger partial charge in [0.15, 0.2) is 0 Å². The number of benzene rings is 1. The average Bonchev–Trinajstić information content (AvgIpc) is 2.65. The molecular weight excluding hydrogens is 328 g/mol. The van der Waals surface area contributed by atoms with E-state index in [2.05, 4.69) is 15.4 Å². The van der Waals surface area contributed by atoms with Gasteiger partial charge in [-0.25, -0.2) is 4.68 Å². The number of aromatic nitrogens is 3. The number of hydrogen-bond donors (Lipinski definition) is 1. The van der Waals surface area contributed by atoms with Crippen LogP contribution in [0.25, 0.3) is 11.3 Å². The Labute approximate surface area is 151 Å². The van der Waals surface area contributed by atoms with Crippen molar-refractivity contribution in [2.24, 2.45) is 0 Å². The van der Waals surface area contributed by atoms with Crippen molar-refractivity contribution < 1.29 is 4.79 Å². The molecule has 6 heteroatoms. The number of hydrogen-bond acceptors (Lipinski definition) is 4. The molecule has 2 heterocycles. The molecule has 1 aromatic carbocycles. The Balaban J connectivity index is 1.76. The summed E-state index contributed by atoms with van der Waals surface area (Å²) < 4.78 is 1.19. The summed E-state index contributed by atoms with van der Waals surface area (Å²) in [6, 6.07) is 14.7. The van der Waals surface area contributed by atoms with E-state index in [4.69, 9.17) is 0 Å². The number of rotatable bonds is 5. The van der Waals surface area contributed by atoms with Gasteiger partial charge in [0.05, 0.1) is 17.9 Å². The Morgan fingerprint density at radius 2 is 1.96 bits per heavy atom. The third-order valence-electron chi connectivity index (χ3n) is 4.02. The van der Waals surface area contributed by atoms with E-state index < -0.39 is 0 Å². The molecule has 3 rings (SSSR count). The van der Waals surface area contributed by atoms with Gasteiger partial charge in [-0.3, -0.25) is 14.6 Å². The molecule has 3 aromatic rings. The van der Waals surface area contributed by atoms with Crippen LogP contribution in [0.2, 0.25) is 0 Å². The van der Waals surface area contributed by atoms with Gasteiger partial charge in [-0.2, -0.15) is 5.10 Å². The van der Waals surface area contributed by atoms with Crippen LogP contribution in [-0.4, -0.2) is 20.7 Å². The first kappa shape index (κ1) is 17.5. The van der Waals surface area contributed by atoms with Crippen LogP contribution in [0.4, 0.5) is 0 Å². The van der Waals surface area contributed by atoms with E-state index in [1.165, 1.54) is 10.7 Å². The molecular formula is C20H20N4O2. The minimum absolute atomic E-state index is 0.135. The molecule has 26 heavy (non-hydrogen) atoms. The van der Waals surface area contributed by atoms with Crippen LogP contribution in [0.3, 0.4) is 0 Å². The zero-order valence-corrected chi connectivity index (χ0v) is 14.8. The maximum Gasteiger partial charge on any atom is 0.267 e. The molecule has 0 bridgehead atoms. The molecule has 6 nitrogen and oxygen atoms in total. The number of pyridine rings is 1. The third kappa shape index (κ3) is 4.22. The predicted octanol–water partition coefficient (Wildman–Crippen LogP) is 2.24. The molecule has 0 aliphatic heterocycles. The van der Waals surface area contributed by atoms with Gasteiger partial charge >= 0.3 is 0 Å². The minimum Gasteiger partial charge on any atom is -0.349 e. The van der Waals surface area contributed by atoms with E-state index in [1.54, 1.807) is 12.3 Å². The molecule has 0 saturated carbocycles. The van der Waals surface area contributed by atoms with Gasteiger partial charge < -0.3 is 5.32 Å². The van der Waals surface area contributed by atoms with Crippen LogP contribution in [0.1, 0.15) is 16.8 Å². The molecule has 2 aromatic heterocycles. The van der Waals surface area contributed by atoms with E-state index in [1.807, 2.05) is 50.2 Å². The lowest BCUT2D eigenvalue weighted by Gasteiger charge is -2.10. The smallest absolute Gasteiger partial charge is 0.267 e. The second-order valence-corrected chi connectivity index (χ2v) is 6.13. The second-order valence-electron chi connectivity index (χ2n) is 6.13. The molecule has 1 amide bonds. The second kappa shape index (κ2) is 7.74. The van der Waals surface area contributed by atoms with Crippen LogP contribution in [0.15, 0.2) is 59.5 Å². The Hall–Kier alpha value is -3.28. The molecule has 0 fully saturated rings. The van der Waals surface area contributed by atoms with Crippen LogP contribution >= 0.6 is 0 Å². The molecule has 0 aliphatic carbocycles. The predicted molar refractivity (Wildman–Crippen MR) is 99.5 cm³/mol. The number of nitrogens with zero attached hydrogens (tertiary/aromatic N) is 3. The molecule has 0 unspecified atom stereocenters. The molecule has 0 spiro atoms. The zero-order chi connectivity index (χ0) is 18.5. The van der Waals surface area contributed by atoms with Crippen molar-refractivity contribution >= 4 is 5.91 Å². The highest BCUT2D eigenvalue weighted by Crippen LogP contribution is 2.21. The fourth-order valence-electron chi connectivity index (χ4n) is 2.60. The normalized spacial score (nSPS) is 10.5. The number of amides is 1. The lowest BCUT2D eigenvalue weighted by Crippen LogP contribution is -2.33. The SMILES string of the molecule is Cc1ccc(C)c(-c2ccc(=O)n(CC(=O)NCc3ccccn3)n2)c1. The minimum atomic E-state index is -0.313. The maximum atomic E-state index is 12.2.